The predicted molar refractivity (Wildman–Crippen MR) is 52.6 cm³/mol. The maximum Gasteiger partial charge on any atom is 0.169 e. The lowest BCUT2D eigenvalue weighted by Gasteiger charge is -2.11. The van der Waals surface area contributed by atoms with Gasteiger partial charge in [0.2, 0.25) is 0 Å². The fourth-order valence-electron chi connectivity index (χ4n) is 0.899. The van der Waals surface area contributed by atoms with E-state index in [2.05, 4.69) is 15.9 Å². The van der Waals surface area contributed by atoms with Crippen molar-refractivity contribution in [2.45, 2.75) is 6.10 Å². The molecule has 0 aromatic heterocycles. The molecule has 0 radical (unpaired) electrons. The second-order valence-electron chi connectivity index (χ2n) is 2.85. The van der Waals surface area contributed by atoms with Gasteiger partial charge in [0, 0.05) is 6.07 Å². The summed E-state index contributed by atoms with van der Waals surface area (Å²) < 4.78 is 30.8. The molecule has 0 aliphatic carbocycles. The number of benzene rings is 1. The van der Waals surface area contributed by atoms with Crippen molar-refractivity contribution >= 4 is 15.9 Å². The quantitative estimate of drug-likeness (QED) is 0.879. The molecule has 0 saturated heterocycles. The monoisotopic (exact) mass is 282 g/mol. The summed E-state index contributed by atoms with van der Waals surface area (Å²) in [7, 11) is 0. The van der Waals surface area contributed by atoms with Crippen LogP contribution in [0.2, 0.25) is 0 Å². The van der Waals surface area contributed by atoms with E-state index < -0.39 is 24.3 Å². The molecule has 0 aliphatic rings. The highest BCUT2D eigenvalue weighted by Crippen LogP contribution is 2.29. The van der Waals surface area contributed by atoms with Crippen molar-refractivity contribution in [3.63, 3.8) is 0 Å². The number of ether oxygens (including phenoxy) is 1. The highest BCUT2D eigenvalue weighted by atomic mass is 79.9. The zero-order valence-electron chi connectivity index (χ0n) is 7.58. The van der Waals surface area contributed by atoms with Crippen molar-refractivity contribution in [3.05, 3.63) is 28.2 Å². The molecular weight excluding hydrogens is 274 g/mol. The first kappa shape index (κ1) is 12.4. The summed E-state index contributed by atoms with van der Waals surface area (Å²) in [6, 6.07) is 1.72. The van der Waals surface area contributed by atoms with Crippen LogP contribution in [0.1, 0.15) is 0 Å². The minimum atomic E-state index is -1.10. The van der Waals surface area contributed by atoms with Crippen molar-refractivity contribution < 1.29 is 23.7 Å². The van der Waals surface area contributed by atoms with Gasteiger partial charge in [-0.3, -0.25) is 0 Å². The topological polar surface area (TPSA) is 49.7 Å². The Kier molecular flexibility index (Phi) is 4.44. The lowest BCUT2D eigenvalue weighted by atomic mass is 10.3. The van der Waals surface area contributed by atoms with Crippen LogP contribution in [0.25, 0.3) is 0 Å². The molecular formula is C9H9BrF2O3. The van der Waals surface area contributed by atoms with Crippen molar-refractivity contribution in [1.82, 2.24) is 0 Å². The number of aliphatic hydroxyl groups excluding tert-OH is 2. The lowest BCUT2D eigenvalue weighted by molar-refractivity contribution is 0.0520. The second-order valence-corrected chi connectivity index (χ2v) is 3.70. The molecule has 15 heavy (non-hydrogen) atoms. The Labute approximate surface area is 93.4 Å². The number of halogens is 3. The standard InChI is InChI=1S/C9H9BrF2O3/c10-7-1-5(11)2-8(12)9(7)15-4-6(14)3-13/h1-2,6,13-14H,3-4H2. The predicted octanol–water partition coefficient (Wildman–Crippen LogP) is 1.46. The van der Waals surface area contributed by atoms with Gasteiger partial charge in [0.05, 0.1) is 11.1 Å². The Morgan fingerprint density at radius 2 is 2.07 bits per heavy atom. The molecule has 1 atom stereocenters. The second kappa shape index (κ2) is 5.39. The van der Waals surface area contributed by atoms with E-state index in [4.69, 9.17) is 14.9 Å². The molecule has 1 rings (SSSR count). The van der Waals surface area contributed by atoms with Crippen LogP contribution in [0.3, 0.4) is 0 Å². The summed E-state index contributed by atoms with van der Waals surface area (Å²) in [5.74, 6) is -1.79. The van der Waals surface area contributed by atoms with E-state index >= 15 is 0 Å². The molecule has 2 N–H and O–H groups in total. The van der Waals surface area contributed by atoms with Gasteiger partial charge >= 0.3 is 0 Å². The molecule has 0 heterocycles. The summed E-state index contributed by atoms with van der Waals surface area (Å²) in [6.45, 7) is -0.752. The summed E-state index contributed by atoms with van der Waals surface area (Å²) in [4.78, 5) is 0. The van der Waals surface area contributed by atoms with Gasteiger partial charge in [-0.15, -0.1) is 0 Å². The highest BCUT2D eigenvalue weighted by Gasteiger charge is 2.12. The SMILES string of the molecule is OCC(O)COc1c(F)cc(F)cc1Br. The van der Waals surface area contributed by atoms with Crippen LogP contribution >= 0.6 is 15.9 Å². The van der Waals surface area contributed by atoms with Gasteiger partial charge in [-0.1, -0.05) is 0 Å². The maximum atomic E-state index is 13.1. The van der Waals surface area contributed by atoms with E-state index in [0.29, 0.717) is 6.07 Å². The van der Waals surface area contributed by atoms with Gasteiger partial charge in [0.1, 0.15) is 18.5 Å². The number of rotatable bonds is 4. The van der Waals surface area contributed by atoms with E-state index in [-0.39, 0.29) is 16.8 Å². The Balaban J connectivity index is 2.77. The number of hydrogen-bond donors (Lipinski definition) is 2. The molecule has 0 aliphatic heterocycles. The van der Waals surface area contributed by atoms with Gasteiger partial charge < -0.3 is 14.9 Å². The van der Waals surface area contributed by atoms with E-state index in [1.807, 2.05) is 0 Å². The van der Waals surface area contributed by atoms with Gasteiger partial charge in [0.25, 0.3) is 0 Å². The molecule has 0 bridgehead atoms. The Hall–Kier alpha value is -0.720. The molecule has 0 amide bonds. The molecule has 0 spiro atoms. The average molecular weight is 283 g/mol. The summed E-state index contributed by atoms with van der Waals surface area (Å²) in [6.07, 6.45) is -1.10. The Bertz CT molecular complexity index is 323. The van der Waals surface area contributed by atoms with E-state index in [1.165, 1.54) is 0 Å². The Morgan fingerprint density at radius 3 is 2.60 bits per heavy atom. The minimum Gasteiger partial charge on any atom is -0.487 e. The van der Waals surface area contributed by atoms with Crippen LogP contribution in [0, 0.1) is 11.6 Å². The third kappa shape index (κ3) is 3.40. The van der Waals surface area contributed by atoms with Gasteiger partial charge in [-0.2, -0.15) is 0 Å². The molecule has 0 saturated carbocycles. The third-order valence-electron chi connectivity index (χ3n) is 1.59. The molecule has 0 fully saturated rings. The summed E-state index contributed by atoms with van der Waals surface area (Å²) in [5.41, 5.74) is 0. The van der Waals surface area contributed by atoms with Crippen LogP contribution in [0.5, 0.6) is 5.75 Å². The van der Waals surface area contributed by atoms with Crippen molar-refractivity contribution in [1.29, 1.82) is 0 Å². The molecule has 1 aromatic carbocycles. The molecule has 3 nitrogen and oxygen atoms in total. The number of aliphatic hydroxyl groups is 2. The first-order chi connectivity index (χ1) is 7.04. The minimum absolute atomic E-state index is 0.116. The normalized spacial score (nSPS) is 12.6. The number of hydrogen-bond acceptors (Lipinski definition) is 3. The average Bonchev–Trinajstić information content (AvgIpc) is 2.15. The van der Waals surface area contributed by atoms with Crippen LogP contribution in [0.4, 0.5) is 8.78 Å². The van der Waals surface area contributed by atoms with Crippen molar-refractivity contribution in [3.8, 4) is 5.75 Å². The van der Waals surface area contributed by atoms with E-state index in [1.54, 1.807) is 0 Å². The van der Waals surface area contributed by atoms with Gasteiger partial charge in [-0.05, 0) is 22.0 Å². The van der Waals surface area contributed by atoms with Crippen molar-refractivity contribution in [2.24, 2.45) is 0 Å². The van der Waals surface area contributed by atoms with Crippen LogP contribution < -0.4 is 4.74 Å². The highest BCUT2D eigenvalue weighted by molar-refractivity contribution is 9.10. The Morgan fingerprint density at radius 1 is 1.40 bits per heavy atom. The lowest BCUT2D eigenvalue weighted by Crippen LogP contribution is -2.21. The van der Waals surface area contributed by atoms with Crippen LogP contribution in [0.15, 0.2) is 16.6 Å². The molecule has 1 aromatic rings. The van der Waals surface area contributed by atoms with Gasteiger partial charge in [-0.25, -0.2) is 8.78 Å². The first-order valence-electron chi connectivity index (χ1n) is 4.11. The third-order valence-corrected chi connectivity index (χ3v) is 2.18. The van der Waals surface area contributed by atoms with Crippen LogP contribution in [-0.2, 0) is 0 Å². The first-order valence-corrected chi connectivity index (χ1v) is 4.90. The summed E-state index contributed by atoms with van der Waals surface area (Å²) in [5, 5.41) is 17.5. The maximum absolute atomic E-state index is 13.1. The fourth-order valence-corrected chi connectivity index (χ4v) is 1.42. The molecule has 6 heteroatoms. The molecule has 1 unspecified atom stereocenters. The van der Waals surface area contributed by atoms with Crippen LogP contribution in [-0.4, -0.2) is 29.5 Å². The molecule has 84 valence electrons. The van der Waals surface area contributed by atoms with E-state index in [9.17, 15) is 8.78 Å². The zero-order valence-corrected chi connectivity index (χ0v) is 9.17. The van der Waals surface area contributed by atoms with E-state index in [0.717, 1.165) is 6.07 Å². The fraction of sp³-hybridized carbons (Fsp3) is 0.333. The van der Waals surface area contributed by atoms with Crippen molar-refractivity contribution in [2.75, 3.05) is 13.2 Å². The van der Waals surface area contributed by atoms with Gasteiger partial charge in [0.15, 0.2) is 11.6 Å². The summed E-state index contributed by atoms with van der Waals surface area (Å²) >= 11 is 2.92. The smallest absolute Gasteiger partial charge is 0.169 e. The largest absolute Gasteiger partial charge is 0.487 e. The zero-order chi connectivity index (χ0) is 11.4.